The summed E-state index contributed by atoms with van der Waals surface area (Å²) >= 11 is 0. The smallest absolute Gasteiger partial charge is 0.302 e. The largest absolute Gasteiger partial charge is 0.461 e. The highest BCUT2D eigenvalue weighted by atomic mass is 16.5. The summed E-state index contributed by atoms with van der Waals surface area (Å²) in [6.45, 7) is 3.77. The second-order valence-corrected chi connectivity index (χ2v) is 3.69. The summed E-state index contributed by atoms with van der Waals surface area (Å²) in [5, 5.41) is 0. The molecule has 0 saturated carbocycles. The number of esters is 2. The lowest BCUT2D eigenvalue weighted by atomic mass is 10.1. The minimum absolute atomic E-state index is 0.0251. The van der Waals surface area contributed by atoms with Crippen LogP contribution in [0.1, 0.15) is 42.5 Å². The predicted molar refractivity (Wildman–Crippen MR) is 59.7 cm³/mol. The van der Waals surface area contributed by atoms with E-state index in [2.05, 4.69) is 0 Å². The van der Waals surface area contributed by atoms with Crippen LogP contribution < -0.4 is 0 Å². The monoisotopic (exact) mass is 254 g/mol. The predicted octanol–water partition coefficient (Wildman–Crippen LogP) is 1.61. The van der Waals surface area contributed by atoms with Gasteiger partial charge in [0, 0.05) is 31.9 Å². The minimum atomic E-state index is -0.468. The normalized spacial score (nSPS) is 9.94. The third kappa shape index (κ3) is 3.73. The van der Waals surface area contributed by atoms with E-state index in [0.29, 0.717) is 11.1 Å². The van der Waals surface area contributed by atoms with Gasteiger partial charge in [-0.2, -0.15) is 0 Å². The van der Waals surface area contributed by atoms with E-state index in [9.17, 15) is 14.4 Å². The summed E-state index contributed by atoms with van der Waals surface area (Å²) in [6, 6.07) is 0. The van der Waals surface area contributed by atoms with Crippen molar-refractivity contribution < 1.29 is 28.3 Å². The lowest BCUT2D eigenvalue weighted by molar-refractivity contribution is -0.143. The molecule has 0 aromatic carbocycles. The maximum absolute atomic E-state index is 11.3. The fourth-order valence-corrected chi connectivity index (χ4v) is 1.35. The molecule has 0 unspecified atom stereocenters. The molecule has 6 nitrogen and oxygen atoms in total. The number of carbonyl (C=O) groups excluding carboxylic acids is 3. The average Bonchev–Trinajstić information content (AvgIpc) is 2.66. The van der Waals surface area contributed by atoms with Crippen molar-refractivity contribution in [2.24, 2.45) is 0 Å². The van der Waals surface area contributed by atoms with Crippen LogP contribution in [-0.2, 0) is 32.3 Å². The summed E-state index contributed by atoms with van der Waals surface area (Å²) < 4.78 is 14.7. The number of hydrogen-bond acceptors (Lipinski definition) is 6. The Hall–Kier alpha value is -2.11. The Balaban J connectivity index is 2.91. The molecule has 0 radical (unpaired) electrons. The first-order chi connectivity index (χ1) is 8.41. The van der Waals surface area contributed by atoms with Crippen LogP contribution in [0.25, 0.3) is 0 Å². The second-order valence-electron chi connectivity index (χ2n) is 3.69. The Morgan fingerprint density at radius 1 is 1.06 bits per heavy atom. The quantitative estimate of drug-likeness (QED) is 0.586. The molecule has 1 aromatic heterocycles. The molecule has 0 saturated heterocycles. The van der Waals surface area contributed by atoms with Crippen molar-refractivity contribution in [3.63, 3.8) is 0 Å². The third-order valence-electron chi connectivity index (χ3n) is 2.15. The molecule has 0 aliphatic rings. The molecule has 0 bridgehead atoms. The van der Waals surface area contributed by atoms with Gasteiger partial charge >= 0.3 is 11.9 Å². The van der Waals surface area contributed by atoms with Crippen molar-refractivity contribution in [1.29, 1.82) is 0 Å². The van der Waals surface area contributed by atoms with E-state index in [-0.39, 0.29) is 24.8 Å². The van der Waals surface area contributed by atoms with E-state index in [0.717, 1.165) is 0 Å². The standard InChI is InChI=1S/C12H14O6/c1-7(13)12-11(6-17-9(3)15)10(5-18-12)4-16-8(2)14/h5H,4,6H2,1-3H3. The van der Waals surface area contributed by atoms with Crippen molar-refractivity contribution in [3.05, 3.63) is 23.2 Å². The van der Waals surface area contributed by atoms with E-state index in [1.54, 1.807) is 0 Å². The first-order valence-electron chi connectivity index (χ1n) is 5.28. The van der Waals surface area contributed by atoms with Gasteiger partial charge in [-0.15, -0.1) is 0 Å². The molecule has 18 heavy (non-hydrogen) atoms. The fraction of sp³-hybridized carbons (Fsp3) is 0.417. The zero-order valence-electron chi connectivity index (χ0n) is 10.4. The number of rotatable bonds is 5. The topological polar surface area (TPSA) is 82.8 Å². The molecule has 0 aliphatic heterocycles. The van der Waals surface area contributed by atoms with Gasteiger partial charge in [0.15, 0.2) is 11.5 Å². The van der Waals surface area contributed by atoms with Crippen molar-refractivity contribution in [3.8, 4) is 0 Å². The van der Waals surface area contributed by atoms with E-state index in [1.165, 1.54) is 27.0 Å². The molecule has 0 amide bonds. The average molecular weight is 254 g/mol. The van der Waals surface area contributed by atoms with Crippen LogP contribution in [0.15, 0.2) is 10.7 Å². The van der Waals surface area contributed by atoms with Gasteiger partial charge in [-0.05, 0) is 0 Å². The molecule has 1 rings (SSSR count). The van der Waals surface area contributed by atoms with Crippen LogP contribution in [0.4, 0.5) is 0 Å². The highest BCUT2D eigenvalue weighted by Crippen LogP contribution is 2.20. The Labute approximate surface area is 104 Å². The van der Waals surface area contributed by atoms with Crippen LogP contribution in [0.2, 0.25) is 0 Å². The van der Waals surface area contributed by atoms with Gasteiger partial charge in [-0.1, -0.05) is 0 Å². The fourth-order valence-electron chi connectivity index (χ4n) is 1.35. The molecule has 6 heteroatoms. The molecule has 0 fully saturated rings. The molecule has 0 N–H and O–H groups in total. The Kier molecular flexibility index (Phi) is 4.65. The number of ether oxygens (including phenoxy) is 2. The molecule has 0 atom stereocenters. The highest BCUT2D eigenvalue weighted by molar-refractivity contribution is 5.93. The summed E-state index contributed by atoms with van der Waals surface area (Å²) in [4.78, 5) is 32.8. The molecule has 1 aromatic rings. The first-order valence-corrected chi connectivity index (χ1v) is 5.28. The van der Waals surface area contributed by atoms with Crippen molar-refractivity contribution in [1.82, 2.24) is 0 Å². The summed E-state index contributed by atoms with van der Waals surface area (Å²) in [6.07, 6.45) is 1.32. The van der Waals surface area contributed by atoms with Crippen LogP contribution in [-0.4, -0.2) is 17.7 Å². The number of ketones is 1. The van der Waals surface area contributed by atoms with Gasteiger partial charge in [0.1, 0.15) is 13.2 Å². The van der Waals surface area contributed by atoms with E-state index in [4.69, 9.17) is 13.9 Å². The van der Waals surface area contributed by atoms with Gasteiger partial charge in [0.05, 0.1) is 6.26 Å². The number of carbonyl (C=O) groups is 3. The Bertz CT molecular complexity index is 471. The summed E-state index contributed by atoms with van der Waals surface area (Å²) in [7, 11) is 0. The molecular formula is C12H14O6. The molecule has 1 heterocycles. The second kappa shape index (κ2) is 6.00. The third-order valence-corrected chi connectivity index (χ3v) is 2.15. The van der Waals surface area contributed by atoms with Crippen LogP contribution >= 0.6 is 0 Å². The Morgan fingerprint density at radius 2 is 1.61 bits per heavy atom. The maximum atomic E-state index is 11.3. The van der Waals surface area contributed by atoms with Crippen LogP contribution in [0.3, 0.4) is 0 Å². The van der Waals surface area contributed by atoms with Crippen molar-refractivity contribution >= 4 is 17.7 Å². The van der Waals surface area contributed by atoms with Crippen molar-refractivity contribution in [2.45, 2.75) is 34.0 Å². The van der Waals surface area contributed by atoms with Gasteiger partial charge in [-0.25, -0.2) is 0 Å². The maximum Gasteiger partial charge on any atom is 0.302 e. The number of Topliss-reactive ketones (excluding diaryl/α,β-unsaturated/α-hetero) is 1. The molecular weight excluding hydrogens is 240 g/mol. The molecule has 0 aliphatic carbocycles. The number of furan rings is 1. The highest BCUT2D eigenvalue weighted by Gasteiger charge is 2.18. The SMILES string of the molecule is CC(=O)OCc1coc(C(C)=O)c1COC(C)=O. The first kappa shape index (κ1) is 14.0. The van der Waals surface area contributed by atoms with Crippen molar-refractivity contribution in [2.75, 3.05) is 0 Å². The molecule has 98 valence electrons. The van der Waals surface area contributed by atoms with E-state index in [1.807, 2.05) is 0 Å². The van der Waals surface area contributed by atoms with Crippen LogP contribution in [0.5, 0.6) is 0 Å². The summed E-state index contributed by atoms with van der Waals surface area (Å²) in [5.41, 5.74) is 0.940. The number of hydrogen-bond donors (Lipinski definition) is 0. The van der Waals surface area contributed by atoms with Crippen LogP contribution in [0, 0.1) is 0 Å². The zero-order chi connectivity index (χ0) is 13.7. The van der Waals surface area contributed by atoms with Gasteiger partial charge in [0.25, 0.3) is 0 Å². The summed E-state index contributed by atoms with van der Waals surface area (Å²) in [5.74, 6) is -1.09. The van der Waals surface area contributed by atoms with Gasteiger partial charge in [0.2, 0.25) is 0 Å². The van der Waals surface area contributed by atoms with Gasteiger partial charge < -0.3 is 13.9 Å². The van der Waals surface area contributed by atoms with E-state index >= 15 is 0 Å². The zero-order valence-corrected chi connectivity index (χ0v) is 10.4. The van der Waals surface area contributed by atoms with Gasteiger partial charge in [-0.3, -0.25) is 14.4 Å². The Morgan fingerprint density at radius 3 is 2.11 bits per heavy atom. The molecule has 0 spiro atoms. The lowest BCUT2D eigenvalue weighted by Gasteiger charge is -2.05. The minimum Gasteiger partial charge on any atom is -0.461 e. The lowest BCUT2D eigenvalue weighted by Crippen LogP contribution is -2.06. The van der Waals surface area contributed by atoms with E-state index < -0.39 is 11.9 Å².